The highest BCUT2D eigenvalue weighted by Crippen LogP contribution is 2.39. The van der Waals surface area contributed by atoms with Crippen molar-refractivity contribution in [2.24, 2.45) is 5.41 Å². The summed E-state index contributed by atoms with van der Waals surface area (Å²) in [4.78, 5) is 15.2. The van der Waals surface area contributed by atoms with Gasteiger partial charge in [0.15, 0.2) is 0 Å². The van der Waals surface area contributed by atoms with Crippen LogP contribution in [0.2, 0.25) is 0 Å². The van der Waals surface area contributed by atoms with Crippen LogP contribution in [0.25, 0.3) is 10.8 Å². The second-order valence-electron chi connectivity index (χ2n) is 7.00. The molecule has 0 bridgehead atoms. The number of rotatable bonds is 2. The van der Waals surface area contributed by atoms with Crippen LogP contribution in [-0.4, -0.2) is 30.4 Å². The number of carbonyl (C=O) groups excluding carboxylic acids is 1. The highest BCUT2D eigenvalue weighted by Gasteiger charge is 2.44. The zero-order valence-corrected chi connectivity index (χ0v) is 13.6. The largest absolute Gasteiger partial charge is 0.338 e. The van der Waals surface area contributed by atoms with E-state index >= 15 is 0 Å². The summed E-state index contributed by atoms with van der Waals surface area (Å²) in [6.07, 6.45) is 4.20. The van der Waals surface area contributed by atoms with Gasteiger partial charge in [0.05, 0.1) is 5.41 Å². The third kappa shape index (κ3) is 2.63. The van der Waals surface area contributed by atoms with Gasteiger partial charge in [-0.1, -0.05) is 42.5 Å². The van der Waals surface area contributed by atoms with Crippen molar-refractivity contribution in [2.75, 3.05) is 19.6 Å². The fourth-order valence-electron chi connectivity index (χ4n) is 4.31. The number of likely N-dealkylation sites (tertiary alicyclic amines) is 1. The van der Waals surface area contributed by atoms with Gasteiger partial charge in [-0.3, -0.25) is 4.79 Å². The second-order valence-corrected chi connectivity index (χ2v) is 7.00. The Morgan fingerprint density at radius 1 is 1.00 bits per heavy atom. The van der Waals surface area contributed by atoms with Crippen LogP contribution in [0.5, 0.6) is 0 Å². The van der Waals surface area contributed by atoms with Crippen LogP contribution in [0.1, 0.15) is 31.2 Å². The molecule has 3 nitrogen and oxygen atoms in total. The van der Waals surface area contributed by atoms with E-state index < -0.39 is 0 Å². The van der Waals surface area contributed by atoms with E-state index in [9.17, 15) is 4.79 Å². The minimum atomic E-state index is -0.0892. The van der Waals surface area contributed by atoms with Crippen molar-refractivity contribution < 1.29 is 4.79 Å². The SMILES string of the molecule is O=C1N(Cc2cccc3ccccc23)CCCC12CCNCC2. The van der Waals surface area contributed by atoms with E-state index in [4.69, 9.17) is 0 Å². The van der Waals surface area contributed by atoms with Crippen molar-refractivity contribution in [3.8, 4) is 0 Å². The second kappa shape index (κ2) is 5.97. The van der Waals surface area contributed by atoms with Crippen molar-refractivity contribution in [2.45, 2.75) is 32.2 Å². The number of carbonyl (C=O) groups is 1. The molecular weight excluding hydrogens is 284 g/mol. The van der Waals surface area contributed by atoms with Gasteiger partial charge in [0.25, 0.3) is 0 Å². The van der Waals surface area contributed by atoms with Gasteiger partial charge in [-0.2, -0.15) is 0 Å². The van der Waals surface area contributed by atoms with Crippen LogP contribution in [0.15, 0.2) is 42.5 Å². The molecule has 2 heterocycles. The molecule has 1 spiro atoms. The lowest BCUT2D eigenvalue weighted by molar-refractivity contribution is -0.149. The van der Waals surface area contributed by atoms with Gasteiger partial charge in [-0.25, -0.2) is 0 Å². The maximum atomic E-state index is 13.1. The van der Waals surface area contributed by atoms with Crippen LogP contribution in [0.3, 0.4) is 0 Å². The first-order chi connectivity index (χ1) is 11.3. The summed E-state index contributed by atoms with van der Waals surface area (Å²) in [7, 11) is 0. The van der Waals surface area contributed by atoms with Crippen LogP contribution in [0, 0.1) is 5.41 Å². The molecule has 1 amide bonds. The Labute approximate surface area is 137 Å². The fraction of sp³-hybridized carbons (Fsp3) is 0.450. The van der Waals surface area contributed by atoms with Crippen LogP contribution >= 0.6 is 0 Å². The summed E-state index contributed by atoms with van der Waals surface area (Å²) in [5, 5.41) is 5.92. The van der Waals surface area contributed by atoms with E-state index in [-0.39, 0.29) is 5.41 Å². The molecule has 3 heteroatoms. The van der Waals surface area contributed by atoms with E-state index in [0.717, 1.165) is 51.9 Å². The van der Waals surface area contributed by atoms with Gasteiger partial charge < -0.3 is 10.2 Å². The zero-order chi connectivity index (χ0) is 15.7. The predicted octanol–water partition coefficient (Wildman–Crippen LogP) is 3.33. The standard InChI is InChI=1S/C20H24N2O/c23-19-20(10-12-21-13-11-20)9-4-14-22(19)15-17-7-3-6-16-5-1-2-8-18(16)17/h1-3,5-8,21H,4,9-15H2. The maximum absolute atomic E-state index is 13.1. The van der Waals surface area contributed by atoms with Crippen molar-refractivity contribution >= 4 is 16.7 Å². The predicted molar refractivity (Wildman–Crippen MR) is 93.1 cm³/mol. The van der Waals surface area contributed by atoms with Gasteiger partial charge in [0.2, 0.25) is 5.91 Å². The molecular formula is C20H24N2O. The lowest BCUT2D eigenvalue weighted by Crippen LogP contribution is -2.52. The molecule has 2 fully saturated rings. The molecule has 4 rings (SSSR count). The van der Waals surface area contributed by atoms with Crippen LogP contribution < -0.4 is 5.32 Å². The van der Waals surface area contributed by atoms with Gasteiger partial charge in [-0.05, 0) is 55.1 Å². The summed E-state index contributed by atoms with van der Waals surface area (Å²) >= 11 is 0. The average molecular weight is 308 g/mol. The molecule has 2 aliphatic rings. The quantitative estimate of drug-likeness (QED) is 0.923. The number of nitrogens with one attached hydrogen (secondary N) is 1. The first-order valence-electron chi connectivity index (χ1n) is 8.75. The number of hydrogen-bond donors (Lipinski definition) is 1. The highest BCUT2D eigenvalue weighted by atomic mass is 16.2. The Balaban J connectivity index is 1.61. The summed E-state index contributed by atoms with van der Waals surface area (Å²) in [6.45, 7) is 3.61. The molecule has 0 saturated carbocycles. The molecule has 2 saturated heterocycles. The van der Waals surface area contributed by atoms with Crippen molar-refractivity contribution in [1.29, 1.82) is 0 Å². The number of fused-ring (bicyclic) bond motifs is 1. The molecule has 0 radical (unpaired) electrons. The summed E-state index contributed by atoms with van der Waals surface area (Å²) < 4.78 is 0. The topological polar surface area (TPSA) is 32.3 Å². The van der Waals surface area contributed by atoms with E-state index in [1.54, 1.807) is 0 Å². The molecule has 2 aromatic carbocycles. The molecule has 0 aromatic heterocycles. The molecule has 2 aromatic rings. The third-order valence-corrected chi connectivity index (χ3v) is 5.63. The average Bonchev–Trinajstić information content (AvgIpc) is 2.60. The monoisotopic (exact) mass is 308 g/mol. The van der Waals surface area contributed by atoms with Gasteiger partial charge in [-0.15, -0.1) is 0 Å². The van der Waals surface area contributed by atoms with Gasteiger partial charge >= 0.3 is 0 Å². The molecule has 23 heavy (non-hydrogen) atoms. The van der Waals surface area contributed by atoms with E-state index in [2.05, 4.69) is 52.7 Å². The Kier molecular flexibility index (Phi) is 3.82. The Morgan fingerprint density at radius 2 is 1.78 bits per heavy atom. The normalized spacial score (nSPS) is 21.0. The van der Waals surface area contributed by atoms with Crippen LogP contribution in [0.4, 0.5) is 0 Å². The number of nitrogens with zero attached hydrogens (tertiary/aromatic N) is 1. The Morgan fingerprint density at radius 3 is 2.65 bits per heavy atom. The van der Waals surface area contributed by atoms with Crippen molar-refractivity contribution in [1.82, 2.24) is 10.2 Å². The van der Waals surface area contributed by atoms with Crippen LogP contribution in [-0.2, 0) is 11.3 Å². The molecule has 120 valence electrons. The summed E-state index contributed by atoms with van der Waals surface area (Å²) in [5.74, 6) is 0.387. The van der Waals surface area contributed by atoms with E-state index in [0.29, 0.717) is 5.91 Å². The lowest BCUT2D eigenvalue weighted by atomic mass is 9.72. The molecule has 1 N–H and O–H groups in total. The summed E-state index contributed by atoms with van der Waals surface area (Å²) in [5.41, 5.74) is 1.18. The minimum absolute atomic E-state index is 0.0892. The summed E-state index contributed by atoms with van der Waals surface area (Å²) in [6, 6.07) is 14.9. The minimum Gasteiger partial charge on any atom is -0.338 e. The fourth-order valence-corrected chi connectivity index (χ4v) is 4.31. The van der Waals surface area contributed by atoms with Crippen molar-refractivity contribution in [3.05, 3.63) is 48.0 Å². The molecule has 2 aliphatic heterocycles. The van der Waals surface area contributed by atoms with E-state index in [1.165, 1.54) is 16.3 Å². The number of hydrogen-bond acceptors (Lipinski definition) is 2. The van der Waals surface area contributed by atoms with Crippen molar-refractivity contribution in [3.63, 3.8) is 0 Å². The molecule has 0 aliphatic carbocycles. The number of amides is 1. The maximum Gasteiger partial charge on any atom is 0.229 e. The van der Waals surface area contributed by atoms with Gasteiger partial charge in [0.1, 0.15) is 0 Å². The zero-order valence-electron chi connectivity index (χ0n) is 13.6. The number of benzene rings is 2. The first kappa shape index (κ1) is 14.7. The Hall–Kier alpha value is -1.87. The smallest absolute Gasteiger partial charge is 0.229 e. The van der Waals surface area contributed by atoms with E-state index in [1.807, 2.05) is 0 Å². The highest BCUT2D eigenvalue weighted by molar-refractivity contribution is 5.87. The van der Waals surface area contributed by atoms with Gasteiger partial charge in [0, 0.05) is 13.1 Å². The Bertz CT molecular complexity index is 708. The molecule has 0 atom stereocenters. The third-order valence-electron chi connectivity index (χ3n) is 5.63. The molecule has 0 unspecified atom stereocenters. The first-order valence-corrected chi connectivity index (χ1v) is 8.75. The lowest BCUT2D eigenvalue weighted by Gasteiger charge is -2.44. The number of piperidine rings is 2.